The molecule has 1 N–H and O–H groups in total. The average Bonchev–Trinajstić information content (AvgIpc) is 2.79. The number of thiazole rings is 1. The molecule has 0 amide bonds. The number of anilines is 1. The van der Waals surface area contributed by atoms with Crippen molar-refractivity contribution in [2.24, 2.45) is 0 Å². The van der Waals surface area contributed by atoms with Gasteiger partial charge < -0.3 is 15.0 Å². The van der Waals surface area contributed by atoms with Gasteiger partial charge in [0.05, 0.1) is 6.61 Å². The second-order valence-electron chi connectivity index (χ2n) is 4.51. The van der Waals surface area contributed by atoms with E-state index in [9.17, 15) is 4.79 Å². The maximum Gasteiger partial charge on any atom is 0.358 e. The van der Waals surface area contributed by atoms with Crippen molar-refractivity contribution in [2.45, 2.75) is 34.1 Å². The summed E-state index contributed by atoms with van der Waals surface area (Å²) in [6.07, 6.45) is 1.16. The summed E-state index contributed by atoms with van der Waals surface area (Å²) in [6.45, 7) is 12.4. The molecule has 1 rings (SSSR count). The van der Waals surface area contributed by atoms with Gasteiger partial charge in [0.1, 0.15) is 0 Å². The van der Waals surface area contributed by atoms with Gasteiger partial charge in [-0.2, -0.15) is 0 Å². The predicted molar refractivity (Wildman–Crippen MR) is 83.7 cm³/mol. The lowest BCUT2D eigenvalue weighted by Crippen LogP contribution is -2.29. The maximum atomic E-state index is 11.7. The highest BCUT2D eigenvalue weighted by atomic mass is 32.1. The maximum absolute atomic E-state index is 11.7. The van der Waals surface area contributed by atoms with Gasteiger partial charge in [-0.05, 0) is 33.4 Å². The Balaban J connectivity index is 2.49. The van der Waals surface area contributed by atoms with Gasteiger partial charge in [0.25, 0.3) is 0 Å². The molecule has 0 saturated carbocycles. The van der Waals surface area contributed by atoms with Crippen molar-refractivity contribution >= 4 is 22.4 Å². The van der Waals surface area contributed by atoms with Crippen LogP contribution < -0.4 is 5.32 Å². The Morgan fingerprint density at radius 1 is 1.35 bits per heavy atom. The normalized spacial score (nSPS) is 10.8. The van der Waals surface area contributed by atoms with Gasteiger partial charge in [-0.25, -0.2) is 9.78 Å². The van der Waals surface area contributed by atoms with E-state index in [4.69, 9.17) is 4.74 Å². The van der Waals surface area contributed by atoms with Crippen LogP contribution in [0.4, 0.5) is 5.13 Å². The van der Waals surface area contributed by atoms with Crippen LogP contribution in [-0.4, -0.2) is 48.6 Å². The van der Waals surface area contributed by atoms with Crippen LogP contribution >= 0.6 is 11.3 Å². The smallest absolute Gasteiger partial charge is 0.358 e. The van der Waals surface area contributed by atoms with Gasteiger partial charge in [0.2, 0.25) is 0 Å². The minimum Gasteiger partial charge on any atom is -0.461 e. The summed E-state index contributed by atoms with van der Waals surface area (Å²) in [5.41, 5.74) is 0.431. The second kappa shape index (κ2) is 8.92. The molecule has 5 nitrogen and oxygen atoms in total. The van der Waals surface area contributed by atoms with E-state index < -0.39 is 0 Å². The second-order valence-corrected chi connectivity index (χ2v) is 5.71. The molecule has 0 fully saturated rings. The molecule has 0 bridgehead atoms. The number of likely N-dealkylation sites (N-methyl/N-ethyl adjacent to an activating group) is 1. The molecule has 6 heteroatoms. The molecule has 0 radical (unpaired) electrons. The van der Waals surface area contributed by atoms with Crippen molar-refractivity contribution in [3.8, 4) is 0 Å². The topological polar surface area (TPSA) is 54.5 Å². The fourth-order valence-electron chi connectivity index (χ4n) is 1.93. The first-order chi connectivity index (χ1) is 9.62. The van der Waals surface area contributed by atoms with E-state index >= 15 is 0 Å². The number of ether oxygens (including phenoxy) is 1. The zero-order valence-corrected chi connectivity index (χ0v) is 13.7. The number of carbonyl (C=O) groups is 1. The van der Waals surface area contributed by atoms with Crippen molar-refractivity contribution in [1.29, 1.82) is 0 Å². The fraction of sp³-hybridized carbons (Fsp3) is 0.714. The zero-order chi connectivity index (χ0) is 15.0. The summed E-state index contributed by atoms with van der Waals surface area (Å²) in [5.74, 6) is -0.338. The fourth-order valence-corrected chi connectivity index (χ4v) is 2.75. The molecular formula is C14H25N3O2S. The minimum absolute atomic E-state index is 0.338. The van der Waals surface area contributed by atoms with Gasteiger partial charge in [0, 0.05) is 18.0 Å². The highest BCUT2D eigenvalue weighted by Gasteiger charge is 2.16. The largest absolute Gasteiger partial charge is 0.461 e. The predicted octanol–water partition coefficient (Wildman–Crippen LogP) is 2.77. The van der Waals surface area contributed by atoms with E-state index in [1.807, 2.05) is 6.92 Å². The van der Waals surface area contributed by atoms with Crippen LogP contribution in [0.5, 0.6) is 0 Å². The van der Waals surface area contributed by atoms with Crippen LogP contribution in [-0.2, 0) is 4.74 Å². The minimum atomic E-state index is -0.338. The molecule has 1 aromatic heterocycles. The summed E-state index contributed by atoms with van der Waals surface area (Å²) in [4.78, 5) is 19.3. The van der Waals surface area contributed by atoms with E-state index in [-0.39, 0.29) is 5.97 Å². The van der Waals surface area contributed by atoms with Crippen LogP contribution in [0.3, 0.4) is 0 Å². The van der Waals surface area contributed by atoms with E-state index in [0.717, 1.165) is 42.6 Å². The Morgan fingerprint density at radius 2 is 2.10 bits per heavy atom. The number of hydrogen-bond acceptors (Lipinski definition) is 6. The van der Waals surface area contributed by atoms with Gasteiger partial charge in [-0.1, -0.05) is 13.8 Å². The molecule has 0 aliphatic carbocycles. The Labute approximate surface area is 125 Å². The summed E-state index contributed by atoms with van der Waals surface area (Å²) in [7, 11) is 0. The van der Waals surface area contributed by atoms with Crippen molar-refractivity contribution < 1.29 is 9.53 Å². The Morgan fingerprint density at radius 3 is 2.70 bits per heavy atom. The molecule has 1 heterocycles. The summed E-state index contributed by atoms with van der Waals surface area (Å²) in [6, 6.07) is 0. The molecule has 114 valence electrons. The third-order valence-electron chi connectivity index (χ3n) is 2.96. The van der Waals surface area contributed by atoms with Crippen LogP contribution in [0, 0.1) is 6.92 Å². The van der Waals surface area contributed by atoms with Crippen LogP contribution in [0.25, 0.3) is 0 Å². The first-order valence-electron chi connectivity index (χ1n) is 7.23. The molecule has 0 spiro atoms. The third-order valence-corrected chi connectivity index (χ3v) is 3.89. The molecule has 0 aliphatic rings. The number of esters is 1. The summed E-state index contributed by atoms with van der Waals surface area (Å²) < 4.78 is 4.98. The van der Waals surface area contributed by atoms with E-state index in [0.29, 0.717) is 12.3 Å². The quantitative estimate of drug-likeness (QED) is 0.711. The molecular weight excluding hydrogens is 274 g/mol. The van der Waals surface area contributed by atoms with Crippen LogP contribution in [0.15, 0.2) is 0 Å². The Bertz CT molecular complexity index is 421. The number of aryl methyl sites for hydroxylation is 1. The number of nitrogens with zero attached hydrogens (tertiary/aromatic N) is 2. The molecule has 0 unspecified atom stereocenters. The lowest BCUT2D eigenvalue weighted by atomic mass is 10.4. The number of rotatable bonds is 9. The third kappa shape index (κ3) is 5.09. The Kier molecular flexibility index (Phi) is 7.54. The monoisotopic (exact) mass is 299 g/mol. The van der Waals surface area contributed by atoms with Crippen molar-refractivity contribution in [2.75, 3.05) is 38.1 Å². The van der Waals surface area contributed by atoms with Gasteiger partial charge in [-0.3, -0.25) is 0 Å². The molecule has 0 aliphatic heterocycles. The van der Waals surface area contributed by atoms with Gasteiger partial charge in [-0.15, -0.1) is 11.3 Å². The SMILES string of the molecule is CCCN(CC)CCNc1nc(C(=O)OCC)c(C)s1. The number of hydrogen-bond donors (Lipinski definition) is 1. The van der Waals surface area contributed by atoms with Crippen molar-refractivity contribution in [3.63, 3.8) is 0 Å². The standard InChI is InChI=1S/C14H25N3O2S/c1-5-9-17(6-2)10-8-15-14-16-12(11(4)20-14)13(18)19-7-3/h5-10H2,1-4H3,(H,15,16). The number of aromatic nitrogens is 1. The van der Waals surface area contributed by atoms with Crippen molar-refractivity contribution in [1.82, 2.24) is 9.88 Å². The highest BCUT2D eigenvalue weighted by Crippen LogP contribution is 2.22. The number of carbonyl (C=O) groups excluding carboxylic acids is 1. The van der Waals surface area contributed by atoms with E-state index in [1.54, 1.807) is 6.92 Å². The van der Waals surface area contributed by atoms with Gasteiger partial charge >= 0.3 is 5.97 Å². The molecule has 0 saturated heterocycles. The first-order valence-corrected chi connectivity index (χ1v) is 8.04. The highest BCUT2D eigenvalue weighted by molar-refractivity contribution is 7.15. The molecule has 1 aromatic rings. The number of nitrogens with one attached hydrogen (secondary N) is 1. The van der Waals surface area contributed by atoms with Crippen molar-refractivity contribution in [3.05, 3.63) is 10.6 Å². The lowest BCUT2D eigenvalue weighted by Gasteiger charge is -2.19. The summed E-state index contributed by atoms with van der Waals surface area (Å²) in [5, 5.41) is 4.07. The lowest BCUT2D eigenvalue weighted by molar-refractivity contribution is 0.0519. The molecule has 0 aromatic carbocycles. The first kappa shape index (κ1) is 16.9. The van der Waals surface area contributed by atoms with Gasteiger partial charge in [0.15, 0.2) is 10.8 Å². The van der Waals surface area contributed by atoms with E-state index in [1.165, 1.54) is 11.3 Å². The van der Waals surface area contributed by atoms with Crippen LogP contribution in [0.1, 0.15) is 42.6 Å². The molecule has 0 atom stereocenters. The summed E-state index contributed by atoms with van der Waals surface area (Å²) >= 11 is 1.50. The average molecular weight is 299 g/mol. The Hall–Kier alpha value is -1.14. The molecule has 20 heavy (non-hydrogen) atoms. The van der Waals surface area contributed by atoms with Crippen LogP contribution in [0.2, 0.25) is 0 Å². The zero-order valence-electron chi connectivity index (χ0n) is 12.9. The van der Waals surface area contributed by atoms with E-state index in [2.05, 4.69) is 29.0 Å².